The van der Waals surface area contributed by atoms with Crippen molar-refractivity contribution in [1.29, 1.82) is 0 Å². The number of benzene rings is 1. The number of hydrogen-bond acceptors (Lipinski definition) is 3. The molecular formula is C16H23ClN2O. The van der Waals surface area contributed by atoms with Gasteiger partial charge in [-0.25, -0.2) is 0 Å². The molecule has 2 atom stereocenters. The predicted molar refractivity (Wildman–Crippen MR) is 82.4 cm³/mol. The van der Waals surface area contributed by atoms with Crippen LogP contribution in [0.25, 0.3) is 0 Å². The number of likely N-dealkylation sites (tertiary alicyclic amines) is 1. The molecule has 0 N–H and O–H groups in total. The molecule has 0 bridgehead atoms. The maximum Gasteiger partial charge on any atom is 0.0755 e. The number of nitrogens with zero attached hydrogens (tertiary/aromatic N) is 2. The molecular weight excluding hydrogens is 272 g/mol. The SMILES string of the molecule is CN1CC[C@H]2OCCN(CCc3ccccc3Cl)[C@@H]2C1. The number of piperidine rings is 1. The third-order valence-electron chi connectivity index (χ3n) is 4.53. The van der Waals surface area contributed by atoms with E-state index in [1.807, 2.05) is 12.1 Å². The van der Waals surface area contributed by atoms with Gasteiger partial charge >= 0.3 is 0 Å². The van der Waals surface area contributed by atoms with Crippen LogP contribution in [-0.4, -0.2) is 61.8 Å². The lowest BCUT2D eigenvalue weighted by Gasteiger charge is -2.46. The second kappa shape index (κ2) is 6.44. The minimum Gasteiger partial charge on any atom is -0.375 e. The van der Waals surface area contributed by atoms with Gasteiger partial charge in [0.2, 0.25) is 0 Å². The normalized spacial score (nSPS) is 28.3. The summed E-state index contributed by atoms with van der Waals surface area (Å²) in [5.41, 5.74) is 1.25. The molecule has 110 valence electrons. The van der Waals surface area contributed by atoms with Crippen LogP contribution in [0, 0.1) is 0 Å². The third-order valence-corrected chi connectivity index (χ3v) is 4.90. The second-order valence-electron chi connectivity index (χ2n) is 5.90. The number of halogens is 1. The van der Waals surface area contributed by atoms with Crippen LogP contribution >= 0.6 is 11.6 Å². The van der Waals surface area contributed by atoms with Gasteiger partial charge in [-0.1, -0.05) is 29.8 Å². The number of ether oxygens (including phenoxy) is 1. The summed E-state index contributed by atoms with van der Waals surface area (Å²) in [5.74, 6) is 0. The number of rotatable bonds is 3. The zero-order valence-electron chi connectivity index (χ0n) is 12.1. The van der Waals surface area contributed by atoms with Crippen LogP contribution in [0.1, 0.15) is 12.0 Å². The molecule has 3 nitrogen and oxygen atoms in total. The first-order chi connectivity index (χ1) is 9.74. The molecule has 0 unspecified atom stereocenters. The van der Waals surface area contributed by atoms with E-state index in [-0.39, 0.29) is 0 Å². The Morgan fingerprint density at radius 2 is 2.15 bits per heavy atom. The fourth-order valence-corrected chi connectivity index (χ4v) is 3.57. The van der Waals surface area contributed by atoms with Gasteiger partial charge in [-0.05, 0) is 31.5 Å². The van der Waals surface area contributed by atoms with E-state index in [1.165, 1.54) is 5.56 Å². The van der Waals surface area contributed by atoms with Crippen LogP contribution in [0.3, 0.4) is 0 Å². The average molecular weight is 295 g/mol. The Morgan fingerprint density at radius 1 is 1.30 bits per heavy atom. The van der Waals surface area contributed by atoms with Gasteiger partial charge in [0.25, 0.3) is 0 Å². The molecule has 0 radical (unpaired) electrons. The summed E-state index contributed by atoms with van der Waals surface area (Å²) in [6.07, 6.45) is 2.60. The van der Waals surface area contributed by atoms with Crippen molar-refractivity contribution in [1.82, 2.24) is 9.80 Å². The maximum atomic E-state index is 6.25. The quantitative estimate of drug-likeness (QED) is 0.851. The summed E-state index contributed by atoms with van der Waals surface area (Å²) in [4.78, 5) is 5.01. The Bertz CT molecular complexity index is 454. The van der Waals surface area contributed by atoms with Gasteiger partial charge in [-0.15, -0.1) is 0 Å². The molecule has 2 saturated heterocycles. The molecule has 0 aromatic heterocycles. The van der Waals surface area contributed by atoms with Gasteiger partial charge in [-0.3, -0.25) is 4.90 Å². The summed E-state index contributed by atoms with van der Waals surface area (Å²) in [5, 5.41) is 0.887. The molecule has 0 saturated carbocycles. The van der Waals surface area contributed by atoms with E-state index in [4.69, 9.17) is 16.3 Å². The van der Waals surface area contributed by atoms with Gasteiger partial charge < -0.3 is 9.64 Å². The van der Waals surface area contributed by atoms with Crippen molar-refractivity contribution in [2.75, 3.05) is 39.8 Å². The zero-order valence-corrected chi connectivity index (χ0v) is 12.9. The van der Waals surface area contributed by atoms with E-state index >= 15 is 0 Å². The highest BCUT2D eigenvalue weighted by Crippen LogP contribution is 2.23. The molecule has 2 heterocycles. The van der Waals surface area contributed by atoms with E-state index in [0.717, 1.165) is 50.7 Å². The standard InChI is InChI=1S/C16H23ClN2O/c1-18-8-7-16-15(12-18)19(10-11-20-16)9-6-13-4-2-3-5-14(13)17/h2-5,15-16H,6-12H2,1H3/t15-,16-/m1/s1. The minimum absolute atomic E-state index is 0.422. The van der Waals surface area contributed by atoms with Gasteiger partial charge in [0, 0.05) is 37.2 Å². The van der Waals surface area contributed by atoms with Crippen molar-refractivity contribution in [3.8, 4) is 0 Å². The topological polar surface area (TPSA) is 15.7 Å². The Kier molecular flexibility index (Phi) is 4.61. The van der Waals surface area contributed by atoms with Crippen molar-refractivity contribution in [2.24, 2.45) is 0 Å². The highest BCUT2D eigenvalue weighted by atomic mass is 35.5. The zero-order chi connectivity index (χ0) is 13.9. The van der Waals surface area contributed by atoms with Crippen molar-refractivity contribution in [3.05, 3.63) is 34.9 Å². The smallest absolute Gasteiger partial charge is 0.0755 e. The molecule has 20 heavy (non-hydrogen) atoms. The van der Waals surface area contributed by atoms with Crippen LogP contribution in [0.4, 0.5) is 0 Å². The summed E-state index contributed by atoms with van der Waals surface area (Å²) in [6.45, 7) is 5.25. The van der Waals surface area contributed by atoms with Crippen LogP contribution in [0.2, 0.25) is 5.02 Å². The lowest BCUT2D eigenvalue weighted by Crippen LogP contribution is -2.59. The summed E-state index contributed by atoms with van der Waals surface area (Å²) >= 11 is 6.25. The van der Waals surface area contributed by atoms with Crippen LogP contribution in [0.15, 0.2) is 24.3 Å². The number of likely N-dealkylation sites (N-methyl/N-ethyl adjacent to an activating group) is 1. The highest BCUT2D eigenvalue weighted by molar-refractivity contribution is 6.31. The van der Waals surface area contributed by atoms with Crippen LogP contribution < -0.4 is 0 Å². The number of fused-ring (bicyclic) bond motifs is 1. The van der Waals surface area contributed by atoms with Crippen molar-refractivity contribution >= 4 is 11.6 Å². The minimum atomic E-state index is 0.422. The molecule has 2 aliphatic rings. The maximum absolute atomic E-state index is 6.25. The van der Waals surface area contributed by atoms with E-state index in [0.29, 0.717) is 12.1 Å². The number of hydrogen-bond donors (Lipinski definition) is 0. The Morgan fingerprint density at radius 3 is 3.00 bits per heavy atom. The molecule has 2 aliphatic heterocycles. The van der Waals surface area contributed by atoms with Crippen molar-refractivity contribution < 1.29 is 4.74 Å². The summed E-state index contributed by atoms with van der Waals surface area (Å²) < 4.78 is 5.94. The fraction of sp³-hybridized carbons (Fsp3) is 0.625. The monoisotopic (exact) mass is 294 g/mol. The van der Waals surface area contributed by atoms with Crippen molar-refractivity contribution in [3.63, 3.8) is 0 Å². The van der Waals surface area contributed by atoms with Crippen LogP contribution in [-0.2, 0) is 11.2 Å². The van der Waals surface area contributed by atoms with E-state index in [2.05, 4.69) is 29.0 Å². The molecule has 3 rings (SSSR count). The second-order valence-corrected chi connectivity index (χ2v) is 6.31. The summed E-state index contributed by atoms with van der Waals surface area (Å²) in [6, 6.07) is 8.72. The van der Waals surface area contributed by atoms with Gasteiger partial charge in [0.15, 0.2) is 0 Å². The van der Waals surface area contributed by atoms with Gasteiger partial charge in [0.05, 0.1) is 12.7 Å². The summed E-state index contributed by atoms with van der Waals surface area (Å²) in [7, 11) is 2.21. The Balaban J connectivity index is 1.62. The van der Waals surface area contributed by atoms with Gasteiger partial charge in [-0.2, -0.15) is 0 Å². The molecule has 1 aromatic carbocycles. The highest BCUT2D eigenvalue weighted by Gasteiger charge is 2.35. The largest absolute Gasteiger partial charge is 0.375 e. The van der Waals surface area contributed by atoms with E-state index in [1.54, 1.807) is 0 Å². The predicted octanol–water partition coefficient (Wildman–Crippen LogP) is 2.29. The van der Waals surface area contributed by atoms with Crippen LogP contribution in [0.5, 0.6) is 0 Å². The fourth-order valence-electron chi connectivity index (χ4n) is 3.34. The molecule has 2 fully saturated rings. The first-order valence-electron chi connectivity index (χ1n) is 7.51. The number of morpholine rings is 1. The molecule has 0 aliphatic carbocycles. The Hall–Kier alpha value is -0.610. The molecule has 1 aromatic rings. The molecule has 0 amide bonds. The molecule has 0 spiro atoms. The first-order valence-corrected chi connectivity index (χ1v) is 7.89. The lowest BCUT2D eigenvalue weighted by molar-refractivity contribution is -0.0992. The third kappa shape index (κ3) is 3.17. The van der Waals surface area contributed by atoms with E-state index in [9.17, 15) is 0 Å². The lowest BCUT2D eigenvalue weighted by atomic mass is 9.98. The van der Waals surface area contributed by atoms with Gasteiger partial charge in [0.1, 0.15) is 0 Å². The molecule has 4 heteroatoms. The average Bonchev–Trinajstić information content (AvgIpc) is 2.46. The first kappa shape index (κ1) is 14.3. The van der Waals surface area contributed by atoms with Crippen molar-refractivity contribution in [2.45, 2.75) is 25.0 Å². The Labute approximate surface area is 126 Å². The van der Waals surface area contributed by atoms with E-state index < -0.39 is 0 Å².